The van der Waals surface area contributed by atoms with E-state index in [0.29, 0.717) is 12.1 Å². The third-order valence-corrected chi connectivity index (χ3v) is 1.45. The fourth-order valence-corrected chi connectivity index (χ4v) is 0.900. The molecule has 1 N–H and O–H groups in total. The Labute approximate surface area is 76.5 Å². The van der Waals surface area contributed by atoms with Crippen LogP contribution in [0.15, 0.2) is 17.1 Å². The lowest BCUT2D eigenvalue weighted by Gasteiger charge is -2.01. The number of nitrogens with zero attached hydrogens (tertiary/aromatic N) is 1. The molecule has 72 valence electrons. The zero-order valence-corrected chi connectivity index (χ0v) is 6.62. The van der Waals surface area contributed by atoms with Gasteiger partial charge in [0.25, 0.3) is 0 Å². The highest BCUT2D eigenvalue weighted by Gasteiger charge is 2.19. The van der Waals surface area contributed by atoms with Gasteiger partial charge in [-0.2, -0.15) is 4.99 Å². The maximum absolute atomic E-state index is 12.9. The van der Waals surface area contributed by atoms with Gasteiger partial charge in [-0.1, -0.05) is 0 Å². The smallest absolute Gasteiger partial charge is 0.341 e. The minimum atomic E-state index is -1.70. The molecule has 1 rings (SSSR count). The summed E-state index contributed by atoms with van der Waals surface area (Å²) in [4.78, 5) is 23.1. The van der Waals surface area contributed by atoms with Gasteiger partial charge in [0, 0.05) is 0 Å². The quantitative estimate of drug-likeness (QED) is 0.581. The first-order valence-corrected chi connectivity index (χ1v) is 3.37. The highest BCUT2D eigenvalue weighted by atomic mass is 19.1. The number of halogens is 2. The second kappa shape index (κ2) is 3.76. The van der Waals surface area contributed by atoms with Crippen LogP contribution in [0.25, 0.3) is 0 Å². The van der Waals surface area contributed by atoms with E-state index >= 15 is 0 Å². The van der Waals surface area contributed by atoms with Crippen molar-refractivity contribution in [1.29, 1.82) is 0 Å². The third kappa shape index (κ3) is 1.65. The van der Waals surface area contributed by atoms with Crippen LogP contribution in [0.5, 0.6) is 0 Å². The van der Waals surface area contributed by atoms with Crippen molar-refractivity contribution < 1.29 is 23.5 Å². The Balaban J connectivity index is 3.57. The normalized spacial score (nSPS) is 9.29. The van der Waals surface area contributed by atoms with Crippen LogP contribution >= 0.6 is 0 Å². The summed E-state index contributed by atoms with van der Waals surface area (Å²) in [5.74, 6) is -3.95. The van der Waals surface area contributed by atoms with E-state index in [2.05, 4.69) is 4.99 Å². The molecule has 0 saturated carbocycles. The lowest BCUT2D eigenvalue weighted by Crippen LogP contribution is -2.02. The predicted octanol–water partition coefficient (Wildman–Crippen LogP) is 1.63. The lowest BCUT2D eigenvalue weighted by atomic mass is 10.1. The minimum Gasteiger partial charge on any atom is -0.478 e. The molecule has 0 amide bonds. The summed E-state index contributed by atoms with van der Waals surface area (Å²) >= 11 is 0. The molecule has 0 fully saturated rings. The second-order valence-electron chi connectivity index (χ2n) is 2.26. The number of hydrogen-bond donors (Lipinski definition) is 1. The molecule has 0 bridgehead atoms. The summed E-state index contributed by atoms with van der Waals surface area (Å²) in [6, 6.07) is 1.32. The number of carboxylic acid groups (broad SMARTS) is 1. The van der Waals surface area contributed by atoms with Crippen LogP contribution in [0, 0.1) is 11.6 Å². The average molecular weight is 199 g/mol. The number of isocyanates is 1. The number of rotatable bonds is 2. The van der Waals surface area contributed by atoms with E-state index in [9.17, 15) is 18.4 Å². The fraction of sp³-hybridized carbons (Fsp3) is 0. The van der Waals surface area contributed by atoms with E-state index in [1.807, 2.05) is 0 Å². The van der Waals surface area contributed by atoms with Gasteiger partial charge in [-0.25, -0.2) is 18.4 Å². The summed E-state index contributed by atoms with van der Waals surface area (Å²) < 4.78 is 25.7. The van der Waals surface area contributed by atoms with E-state index in [1.165, 1.54) is 0 Å². The van der Waals surface area contributed by atoms with E-state index in [0.717, 1.165) is 6.08 Å². The van der Waals surface area contributed by atoms with Gasteiger partial charge in [0.1, 0.15) is 17.1 Å². The highest BCUT2D eigenvalue weighted by molar-refractivity contribution is 5.94. The monoisotopic (exact) mass is 199 g/mol. The molecule has 6 heteroatoms. The molecular formula is C8H3F2NO3. The molecule has 14 heavy (non-hydrogen) atoms. The van der Waals surface area contributed by atoms with Gasteiger partial charge in [0.05, 0.1) is 0 Å². The molecule has 0 aliphatic rings. The van der Waals surface area contributed by atoms with Crippen molar-refractivity contribution in [3.8, 4) is 0 Å². The zero-order valence-electron chi connectivity index (χ0n) is 6.62. The number of aromatic carboxylic acids is 1. The molecule has 0 unspecified atom stereocenters. The maximum atomic E-state index is 12.9. The maximum Gasteiger partial charge on any atom is 0.341 e. The van der Waals surface area contributed by atoms with Crippen molar-refractivity contribution in [2.24, 2.45) is 4.99 Å². The number of carbonyl (C=O) groups is 1. The van der Waals surface area contributed by atoms with E-state index in [-0.39, 0.29) is 0 Å². The lowest BCUT2D eigenvalue weighted by molar-refractivity contribution is 0.0692. The molecule has 0 spiro atoms. The van der Waals surface area contributed by atoms with Gasteiger partial charge in [-0.3, -0.25) is 0 Å². The highest BCUT2D eigenvalue weighted by Crippen LogP contribution is 2.25. The molecule has 0 aliphatic carbocycles. The van der Waals surface area contributed by atoms with Gasteiger partial charge in [-0.05, 0) is 12.1 Å². The minimum absolute atomic E-state index is 0.641. The zero-order chi connectivity index (χ0) is 10.7. The van der Waals surface area contributed by atoms with Crippen LogP contribution in [0.2, 0.25) is 0 Å². The van der Waals surface area contributed by atoms with Gasteiger partial charge < -0.3 is 5.11 Å². The topological polar surface area (TPSA) is 66.7 Å². The molecule has 1 aromatic carbocycles. The summed E-state index contributed by atoms with van der Waals surface area (Å²) in [7, 11) is 0. The average Bonchev–Trinajstić information content (AvgIpc) is 2.11. The summed E-state index contributed by atoms with van der Waals surface area (Å²) in [6.07, 6.45) is 0.952. The predicted molar refractivity (Wildman–Crippen MR) is 41.1 cm³/mol. The Morgan fingerprint density at radius 2 is 1.93 bits per heavy atom. The van der Waals surface area contributed by atoms with E-state index in [1.54, 1.807) is 0 Å². The van der Waals surface area contributed by atoms with Crippen LogP contribution in [0.3, 0.4) is 0 Å². The number of hydrogen-bond acceptors (Lipinski definition) is 3. The van der Waals surface area contributed by atoms with Gasteiger partial charge in [-0.15, -0.1) is 0 Å². The molecule has 1 aromatic rings. The largest absolute Gasteiger partial charge is 0.478 e. The van der Waals surface area contributed by atoms with Crippen molar-refractivity contribution in [2.45, 2.75) is 0 Å². The molecule has 0 atom stereocenters. The Morgan fingerprint density at radius 1 is 1.36 bits per heavy atom. The van der Waals surface area contributed by atoms with Gasteiger partial charge in [0.15, 0.2) is 5.82 Å². The first kappa shape index (κ1) is 10.0. The first-order valence-electron chi connectivity index (χ1n) is 3.37. The molecule has 0 heterocycles. The van der Waals surface area contributed by atoms with Crippen molar-refractivity contribution in [2.75, 3.05) is 0 Å². The first-order chi connectivity index (χ1) is 6.57. The molecule has 0 radical (unpaired) electrons. The van der Waals surface area contributed by atoms with Gasteiger partial charge in [0.2, 0.25) is 6.08 Å². The Hall–Kier alpha value is -2.07. The number of benzene rings is 1. The Kier molecular flexibility index (Phi) is 2.69. The van der Waals surface area contributed by atoms with E-state index in [4.69, 9.17) is 5.11 Å². The summed E-state index contributed by atoms with van der Waals surface area (Å²) in [5.41, 5.74) is -1.83. The second-order valence-corrected chi connectivity index (χ2v) is 2.26. The number of carboxylic acids is 1. The Morgan fingerprint density at radius 3 is 2.43 bits per heavy atom. The van der Waals surface area contributed by atoms with Crippen molar-refractivity contribution >= 4 is 17.7 Å². The summed E-state index contributed by atoms with van der Waals surface area (Å²) in [6.45, 7) is 0. The standard InChI is InChI=1S/C8H3F2NO3/c9-4-1-2-5(10)7(11-3-12)6(4)8(13)14/h1-2H,(H,13,14). The van der Waals surface area contributed by atoms with Crippen LogP contribution in [0.4, 0.5) is 14.5 Å². The molecule has 0 aliphatic heterocycles. The van der Waals surface area contributed by atoms with Crippen molar-refractivity contribution in [3.63, 3.8) is 0 Å². The van der Waals surface area contributed by atoms with Crippen molar-refractivity contribution in [3.05, 3.63) is 29.3 Å². The fourth-order valence-electron chi connectivity index (χ4n) is 0.900. The van der Waals surface area contributed by atoms with Crippen LogP contribution < -0.4 is 0 Å². The van der Waals surface area contributed by atoms with Gasteiger partial charge >= 0.3 is 5.97 Å². The number of aliphatic imine (C=N–C) groups is 1. The van der Waals surface area contributed by atoms with E-state index < -0.39 is 28.9 Å². The van der Waals surface area contributed by atoms with Crippen LogP contribution in [-0.2, 0) is 4.79 Å². The number of carbonyl (C=O) groups excluding carboxylic acids is 1. The molecule has 4 nitrogen and oxygen atoms in total. The third-order valence-electron chi connectivity index (χ3n) is 1.45. The van der Waals surface area contributed by atoms with Crippen LogP contribution in [0.1, 0.15) is 10.4 Å². The molecule has 0 aromatic heterocycles. The summed E-state index contributed by atoms with van der Waals surface area (Å²) in [5, 5.41) is 8.50. The SMILES string of the molecule is O=C=Nc1c(F)ccc(F)c1C(=O)O. The molecular weight excluding hydrogens is 196 g/mol. The Bertz CT molecular complexity index is 411. The van der Waals surface area contributed by atoms with Crippen molar-refractivity contribution in [1.82, 2.24) is 0 Å². The molecule has 0 saturated heterocycles. The van der Waals surface area contributed by atoms with Crippen LogP contribution in [-0.4, -0.2) is 17.2 Å².